The number of hydrogen-bond donors (Lipinski definition) is 3. The van der Waals surface area contributed by atoms with Gasteiger partial charge >= 0.3 is 12.0 Å². The summed E-state index contributed by atoms with van der Waals surface area (Å²) in [5, 5.41) is 12.8. The quantitative estimate of drug-likeness (QED) is 0.718. The average Bonchev–Trinajstić information content (AvgIpc) is 2.21. The van der Waals surface area contributed by atoms with Crippen LogP contribution in [0.25, 0.3) is 0 Å². The van der Waals surface area contributed by atoms with Crippen LogP contribution < -0.4 is 10.6 Å². The lowest BCUT2D eigenvalue weighted by atomic mass is 10.2. The van der Waals surface area contributed by atoms with E-state index >= 15 is 0 Å². The number of benzene rings is 1. The number of carboxylic acid groups (broad SMARTS) is 1. The molecule has 7 heteroatoms. The molecule has 0 saturated carbocycles. The molecule has 2 amide bonds. The van der Waals surface area contributed by atoms with Crippen LogP contribution in [-0.4, -0.2) is 24.2 Å². The van der Waals surface area contributed by atoms with Gasteiger partial charge in [-0.15, -0.1) is 0 Å². The molecule has 3 N–H and O–H groups in total. The first-order valence-corrected chi connectivity index (χ1v) is 4.16. The summed E-state index contributed by atoms with van der Waals surface area (Å²) in [7, 11) is 1.30. The molecule has 0 unspecified atom stereocenters. The number of nitrogens with one attached hydrogen (secondary N) is 2. The Bertz CT molecular complexity index is 449. The van der Waals surface area contributed by atoms with Crippen molar-refractivity contribution in [2.45, 2.75) is 0 Å². The fourth-order valence-corrected chi connectivity index (χ4v) is 0.993. The molecule has 0 atom stereocenters. The topological polar surface area (TPSA) is 78.4 Å². The Hall–Kier alpha value is -2.18. The number of carbonyl (C=O) groups excluding carboxylic acids is 1. The molecule has 0 aliphatic rings. The van der Waals surface area contributed by atoms with E-state index in [0.717, 1.165) is 0 Å². The van der Waals surface area contributed by atoms with Crippen molar-refractivity contribution >= 4 is 17.7 Å². The maximum Gasteiger partial charge on any atom is 0.338 e. The lowest BCUT2D eigenvalue weighted by Crippen LogP contribution is -2.25. The molecule has 0 spiro atoms. The molecule has 0 saturated heterocycles. The lowest BCUT2D eigenvalue weighted by Gasteiger charge is -2.07. The number of carbonyl (C=O) groups is 2. The maximum absolute atomic E-state index is 13.1. The molecule has 1 rings (SSSR count). The summed E-state index contributed by atoms with van der Waals surface area (Å²) in [5.41, 5.74) is -1.12. The normalized spacial score (nSPS) is 9.69. The van der Waals surface area contributed by atoms with Crippen molar-refractivity contribution in [3.05, 3.63) is 29.3 Å². The van der Waals surface area contributed by atoms with Gasteiger partial charge in [0.2, 0.25) is 0 Å². The van der Waals surface area contributed by atoms with Gasteiger partial charge in [0, 0.05) is 13.1 Å². The zero-order valence-corrected chi connectivity index (χ0v) is 8.17. The second-order valence-electron chi connectivity index (χ2n) is 2.82. The number of halogens is 2. The van der Waals surface area contributed by atoms with Gasteiger partial charge in [-0.05, 0) is 6.07 Å². The van der Waals surface area contributed by atoms with Gasteiger partial charge in [-0.3, -0.25) is 0 Å². The Balaban J connectivity index is 3.14. The summed E-state index contributed by atoms with van der Waals surface area (Å²) in [4.78, 5) is 21.4. The summed E-state index contributed by atoms with van der Waals surface area (Å²) in [5.74, 6) is -3.80. The van der Waals surface area contributed by atoms with Gasteiger partial charge in [-0.1, -0.05) is 0 Å². The standard InChI is InChI=1S/C9H8F2N2O3/c1-12-9(16)13-7-2-4(8(14)15)5(10)3-6(7)11/h2-3H,1H3,(H,14,15)(H2,12,13,16). The summed E-state index contributed by atoms with van der Waals surface area (Å²) < 4.78 is 26.1. The first-order valence-electron chi connectivity index (χ1n) is 4.16. The fraction of sp³-hybridized carbons (Fsp3) is 0.111. The number of hydrogen-bond acceptors (Lipinski definition) is 2. The minimum Gasteiger partial charge on any atom is -0.478 e. The molecule has 0 radical (unpaired) electrons. The summed E-state index contributed by atoms with van der Waals surface area (Å²) in [6, 6.07) is 0.374. The van der Waals surface area contributed by atoms with E-state index in [2.05, 4.69) is 5.32 Å². The smallest absolute Gasteiger partial charge is 0.338 e. The third kappa shape index (κ3) is 2.44. The van der Waals surface area contributed by atoms with Crippen LogP contribution in [0.4, 0.5) is 19.3 Å². The minimum absolute atomic E-state index is 0.398. The largest absolute Gasteiger partial charge is 0.478 e. The van der Waals surface area contributed by atoms with E-state index in [4.69, 9.17) is 5.11 Å². The van der Waals surface area contributed by atoms with Crippen LogP contribution in [0.3, 0.4) is 0 Å². The zero-order chi connectivity index (χ0) is 12.3. The predicted octanol–water partition coefficient (Wildman–Crippen LogP) is 1.41. The van der Waals surface area contributed by atoms with Gasteiger partial charge in [-0.2, -0.15) is 0 Å². The van der Waals surface area contributed by atoms with Crippen LogP contribution >= 0.6 is 0 Å². The van der Waals surface area contributed by atoms with Crippen molar-refractivity contribution < 1.29 is 23.5 Å². The zero-order valence-electron chi connectivity index (χ0n) is 8.17. The van der Waals surface area contributed by atoms with Gasteiger partial charge in [0.05, 0.1) is 11.3 Å². The van der Waals surface area contributed by atoms with Crippen molar-refractivity contribution in [3.63, 3.8) is 0 Å². The highest BCUT2D eigenvalue weighted by atomic mass is 19.1. The third-order valence-electron chi connectivity index (χ3n) is 1.76. The monoisotopic (exact) mass is 230 g/mol. The Kier molecular flexibility index (Phi) is 3.39. The van der Waals surface area contributed by atoms with Crippen LogP contribution in [0.5, 0.6) is 0 Å². The third-order valence-corrected chi connectivity index (χ3v) is 1.76. The van der Waals surface area contributed by atoms with Gasteiger partial charge < -0.3 is 15.7 Å². The molecule has 0 aliphatic carbocycles. The average molecular weight is 230 g/mol. The van der Waals surface area contributed by atoms with E-state index in [0.29, 0.717) is 12.1 Å². The first-order chi connectivity index (χ1) is 7.45. The molecule has 0 fully saturated rings. The second kappa shape index (κ2) is 4.56. The molecule has 5 nitrogen and oxygen atoms in total. The highest BCUT2D eigenvalue weighted by molar-refractivity contribution is 5.93. The molecule has 0 aromatic heterocycles. The van der Waals surface area contributed by atoms with Crippen LogP contribution in [0.15, 0.2) is 12.1 Å². The van der Waals surface area contributed by atoms with E-state index in [1.165, 1.54) is 7.05 Å². The predicted molar refractivity (Wildman–Crippen MR) is 51.4 cm³/mol. The van der Waals surface area contributed by atoms with Crippen molar-refractivity contribution in [3.8, 4) is 0 Å². The number of amides is 2. The van der Waals surface area contributed by atoms with E-state index < -0.39 is 34.9 Å². The molecule has 16 heavy (non-hydrogen) atoms. The van der Waals surface area contributed by atoms with Crippen molar-refractivity contribution in [2.24, 2.45) is 0 Å². The highest BCUT2D eigenvalue weighted by Gasteiger charge is 2.16. The maximum atomic E-state index is 13.1. The van der Waals surface area contributed by atoms with Gasteiger partial charge in [0.25, 0.3) is 0 Å². The van der Waals surface area contributed by atoms with Crippen LogP contribution in [0.2, 0.25) is 0 Å². The number of urea groups is 1. The van der Waals surface area contributed by atoms with Crippen LogP contribution in [0.1, 0.15) is 10.4 Å². The summed E-state index contributed by atoms with van der Waals surface area (Å²) in [6.45, 7) is 0. The van der Waals surface area contributed by atoms with E-state index in [-0.39, 0.29) is 0 Å². The molecule has 1 aromatic rings. The van der Waals surface area contributed by atoms with Gasteiger partial charge in [0.15, 0.2) is 0 Å². The minimum atomic E-state index is -1.54. The molecular formula is C9H8F2N2O3. The van der Waals surface area contributed by atoms with E-state index in [9.17, 15) is 18.4 Å². The van der Waals surface area contributed by atoms with E-state index in [1.807, 2.05) is 5.32 Å². The number of carboxylic acids is 1. The SMILES string of the molecule is CNC(=O)Nc1cc(C(=O)O)c(F)cc1F. The summed E-state index contributed by atoms with van der Waals surface area (Å²) >= 11 is 0. The number of rotatable bonds is 2. The Labute approximate surface area is 89.1 Å². The highest BCUT2D eigenvalue weighted by Crippen LogP contribution is 2.19. The molecule has 1 aromatic carbocycles. The number of aromatic carboxylic acids is 1. The van der Waals surface area contributed by atoms with Crippen molar-refractivity contribution in [1.82, 2.24) is 5.32 Å². The van der Waals surface area contributed by atoms with Gasteiger partial charge in [-0.25, -0.2) is 18.4 Å². The fourth-order valence-electron chi connectivity index (χ4n) is 0.993. The second-order valence-corrected chi connectivity index (χ2v) is 2.82. The molecular weight excluding hydrogens is 222 g/mol. The molecule has 0 heterocycles. The summed E-state index contributed by atoms with van der Waals surface area (Å²) in [6.07, 6.45) is 0. The molecule has 86 valence electrons. The molecule has 0 aliphatic heterocycles. The lowest BCUT2D eigenvalue weighted by molar-refractivity contribution is 0.0692. The van der Waals surface area contributed by atoms with E-state index in [1.54, 1.807) is 0 Å². The first kappa shape index (κ1) is 11.9. The van der Waals surface area contributed by atoms with Crippen LogP contribution in [-0.2, 0) is 0 Å². The van der Waals surface area contributed by atoms with Crippen LogP contribution in [0, 0.1) is 11.6 Å². The molecule has 0 bridgehead atoms. The Morgan fingerprint density at radius 1 is 1.25 bits per heavy atom. The van der Waals surface area contributed by atoms with Crippen molar-refractivity contribution in [2.75, 3.05) is 12.4 Å². The van der Waals surface area contributed by atoms with Crippen molar-refractivity contribution in [1.29, 1.82) is 0 Å². The van der Waals surface area contributed by atoms with Gasteiger partial charge in [0.1, 0.15) is 11.6 Å². The Morgan fingerprint density at radius 2 is 1.88 bits per heavy atom. The Morgan fingerprint density at radius 3 is 2.38 bits per heavy atom. The number of anilines is 1.